The van der Waals surface area contributed by atoms with Gasteiger partial charge < -0.3 is 24.0 Å². The summed E-state index contributed by atoms with van der Waals surface area (Å²) < 4.78 is 16.0. The molecule has 0 aliphatic carbocycles. The normalized spacial score (nSPS) is 16.4. The van der Waals surface area contributed by atoms with Gasteiger partial charge in [-0.15, -0.1) is 0 Å². The smallest absolute Gasteiger partial charge is 0.163 e. The molecule has 1 aromatic heterocycles. The quantitative estimate of drug-likeness (QED) is 0.800. The lowest BCUT2D eigenvalue weighted by molar-refractivity contribution is 0.00696. The van der Waals surface area contributed by atoms with Crippen molar-refractivity contribution in [2.75, 3.05) is 33.4 Å². The van der Waals surface area contributed by atoms with Crippen LogP contribution in [-0.4, -0.2) is 54.6 Å². The maximum absolute atomic E-state index is 10.00. The molecule has 1 atom stereocenters. The number of β-amino-alcohol motifs (C(OH)–C–C–N with tert-alkyl or cyclic N) is 1. The summed E-state index contributed by atoms with van der Waals surface area (Å²) >= 11 is 0. The number of aliphatic hydroxyl groups excluding tert-OH is 1. The summed E-state index contributed by atoms with van der Waals surface area (Å²) in [7, 11) is 1.64. The van der Waals surface area contributed by atoms with Crippen molar-refractivity contribution in [3.63, 3.8) is 0 Å². The zero-order valence-corrected chi connectivity index (χ0v) is 14.0. The maximum Gasteiger partial charge on any atom is 0.163 e. The van der Waals surface area contributed by atoms with Crippen LogP contribution in [0.5, 0.6) is 5.75 Å². The van der Waals surface area contributed by atoms with E-state index in [0.717, 1.165) is 30.1 Å². The molecule has 3 rings (SSSR count). The van der Waals surface area contributed by atoms with Crippen molar-refractivity contribution in [3.05, 3.63) is 36.1 Å². The predicted octanol–water partition coefficient (Wildman–Crippen LogP) is 2.32. The number of aliphatic hydroxyl groups is 1. The van der Waals surface area contributed by atoms with E-state index >= 15 is 0 Å². The van der Waals surface area contributed by atoms with E-state index in [0.29, 0.717) is 25.5 Å². The lowest BCUT2D eigenvalue weighted by Crippen LogP contribution is -2.32. The fraction of sp³-hybridized carbons (Fsp3) is 0.500. The Kier molecular flexibility index (Phi) is 5.85. The molecule has 0 spiro atoms. The number of methoxy groups -OCH3 is 1. The molecule has 1 aliphatic heterocycles. The van der Waals surface area contributed by atoms with Crippen LogP contribution >= 0.6 is 0 Å². The molecule has 1 aliphatic rings. The maximum atomic E-state index is 10.00. The second-order valence-electron chi connectivity index (χ2n) is 6.08. The van der Waals surface area contributed by atoms with E-state index in [1.807, 2.05) is 30.3 Å². The minimum atomic E-state index is -0.466. The summed E-state index contributed by atoms with van der Waals surface area (Å²) in [5.74, 6) is 1.45. The highest BCUT2D eigenvalue weighted by Crippen LogP contribution is 2.22. The lowest BCUT2D eigenvalue weighted by atomic mass is 10.1. The number of rotatable bonds is 8. The molecule has 1 aromatic carbocycles. The molecule has 1 N–H and O–H groups in total. The fourth-order valence-electron chi connectivity index (χ4n) is 2.89. The monoisotopic (exact) mass is 332 g/mol. The first-order chi connectivity index (χ1) is 11.7. The average Bonchev–Trinajstić information content (AvgIpc) is 3.27. The molecule has 1 saturated heterocycles. The van der Waals surface area contributed by atoms with Gasteiger partial charge in [-0.1, -0.05) is 5.16 Å². The van der Waals surface area contributed by atoms with Gasteiger partial charge >= 0.3 is 0 Å². The Hall–Kier alpha value is -1.89. The number of benzene rings is 1. The van der Waals surface area contributed by atoms with Gasteiger partial charge in [0, 0.05) is 18.2 Å². The van der Waals surface area contributed by atoms with Crippen molar-refractivity contribution in [2.45, 2.75) is 25.6 Å². The summed E-state index contributed by atoms with van der Waals surface area (Å²) in [4.78, 5) is 2.27. The molecule has 130 valence electrons. The van der Waals surface area contributed by atoms with E-state index in [1.165, 1.54) is 12.8 Å². The van der Waals surface area contributed by atoms with Gasteiger partial charge in [0.15, 0.2) is 5.76 Å². The van der Waals surface area contributed by atoms with Crippen LogP contribution in [0.3, 0.4) is 0 Å². The summed E-state index contributed by atoms with van der Waals surface area (Å²) in [6.07, 6.45) is 1.98. The molecule has 0 amide bonds. The van der Waals surface area contributed by atoms with Crippen molar-refractivity contribution in [2.24, 2.45) is 0 Å². The number of hydrogen-bond donors (Lipinski definition) is 1. The van der Waals surface area contributed by atoms with Crippen LogP contribution in [0, 0.1) is 0 Å². The Bertz CT molecular complexity index is 620. The molecule has 6 nitrogen and oxygen atoms in total. The van der Waals surface area contributed by atoms with Gasteiger partial charge in [-0.25, -0.2) is 0 Å². The molecule has 1 fully saturated rings. The van der Waals surface area contributed by atoms with E-state index in [9.17, 15) is 5.11 Å². The van der Waals surface area contributed by atoms with Crippen molar-refractivity contribution in [1.82, 2.24) is 10.1 Å². The van der Waals surface area contributed by atoms with Gasteiger partial charge in [0.2, 0.25) is 0 Å². The Balaban J connectivity index is 1.45. The lowest BCUT2D eigenvalue weighted by Gasteiger charge is -2.18. The highest BCUT2D eigenvalue weighted by Gasteiger charge is 2.16. The summed E-state index contributed by atoms with van der Waals surface area (Å²) in [6, 6.07) is 9.49. The second kappa shape index (κ2) is 8.28. The van der Waals surface area contributed by atoms with Crippen LogP contribution in [0.2, 0.25) is 0 Å². The molecule has 2 aromatic rings. The topological polar surface area (TPSA) is 68.0 Å². The highest BCUT2D eigenvalue weighted by molar-refractivity contribution is 5.59. The molecule has 0 saturated carbocycles. The minimum absolute atomic E-state index is 0.301. The minimum Gasteiger partial charge on any atom is -0.497 e. The first kappa shape index (κ1) is 17.0. The molecular formula is C18H24N2O4. The number of nitrogens with zero attached hydrogens (tertiary/aromatic N) is 2. The van der Waals surface area contributed by atoms with Crippen molar-refractivity contribution in [1.29, 1.82) is 0 Å². The average molecular weight is 332 g/mol. The first-order valence-electron chi connectivity index (χ1n) is 8.33. The third-order valence-electron chi connectivity index (χ3n) is 4.17. The summed E-state index contributed by atoms with van der Waals surface area (Å²) in [5.41, 5.74) is 1.72. The van der Waals surface area contributed by atoms with Gasteiger partial charge in [-0.05, 0) is 50.2 Å². The number of aromatic nitrogens is 1. The fourth-order valence-corrected chi connectivity index (χ4v) is 2.89. The van der Waals surface area contributed by atoms with E-state index < -0.39 is 6.10 Å². The standard InChI is InChI=1S/C18H24N2O4/c1-22-16-6-4-14(5-7-16)18-10-17(24-19-18)13-23-12-15(21)11-20-8-2-3-9-20/h4-7,10,15,21H,2-3,8-9,11-13H2,1H3. The number of hydrogen-bond acceptors (Lipinski definition) is 6. The van der Waals surface area contributed by atoms with Gasteiger partial charge in [-0.3, -0.25) is 0 Å². The third-order valence-corrected chi connectivity index (χ3v) is 4.17. The van der Waals surface area contributed by atoms with Gasteiger partial charge in [0.05, 0.1) is 19.8 Å². The predicted molar refractivity (Wildman–Crippen MR) is 89.8 cm³/mol. The van der Waals surface area contributed by atoms with Crippen LogP contribution in [0.15, 0.2) is 34.9 Å². The summed E-state index contributed by atoms with van der Waals surface area (Å²) in [6.45, 7) is 3.43. The van der Waals surface area contributed by atoms with Gasteiger partial charge in [0.25, 0.3) is 0 Å². The Morgan fingerprint density at radius 1 is 1.25 bits per heavy atom. The molecular weight excluding hydrogens is 308 g/mol. The largest absolute Gasteiger partial charge is 0.497 e. The van der Waals surface area contributed by atoms with E-state index in [2.05, 4.69) is 10.1 Å². The van der Waals surface area contributed by atoms with Gasteiger partial charge in [-0.2, -0.15) is 0 Å². The molecule has 2 heterocycles. The molecule has 0 radical (unpaired) electrons. The highest BCUT2D eigenvalue weighted by atomic mass is 16.5. The molecule has 0 bridgehead atoms. The number of likely N-dealkylation sites (tertiary alicyclic amines) is 1. The zero-order valence-electron chi connectivity index (χ0n) is 14.0. The van der Waals surface area contributed by atoms with Crippen molar-refractivity contribution >= 4 is 0 Å². The van der Waals surface area contributed by atoms with Gasteiger partial charge in [0.1, 0.15) is 18.1 Å². The van der Waals surface area contributed by atoms with E-state index in [4.69, 9.17) is 14.0 Å². The third kappa shape index (κ3) is 4.56. The first-order valence-corrected chi connectivity index (χ1v) is 8.33. The van der Waals surface area contributed by atoms with Crippen LogP contribution in [0.25, 0.3) is 11.3 Å². The Morgan fingerprint density at radius 3 is 2.71 bits per heavy atom. The zero-order chi connectivity index (χ0) is 16.8. The SMILES string of the molecule is COc1ccc(-c2cc(COCC(O)CN3CCCC3)on2)cc1. The summed E-state index contributed by atoms with van der Waals surface area (Å²) in [5, 5.41) is 14.1. The van der Waals surface area contributed by atoms with E-state index in [1.54, 1.807) is 7.11 Å². The second-order valence-corrected chi connectivity index (χ2v) is 6.08. The Labute approximate surface area is 142 Å². The van der Waals surface area contributed by atoms with Crippen LogP contribution in [0.4, 0.5) is 0 Å². The molecule has 6 heteroatoms. The number of ether oxygens (including phenoxy) is 2. The van der Waals surface area contributed by atoms with Crippen molar-refractivity contribution < 1.29 is 19.1 Å². The van der Waals surface area contributed by atoms with Crippen LogP contribution in [-0.2, 0) is 11.3 Å². The molecule has 1 unspecified atom stereocenters. The van der Waals surface area contributed by atoms with Crippen LogP contribution < -0.4 is 4.74 Å². The van der Waals surface area contributed by atoms with E-state index in [-0.39, 0.29) is 0 Å². The van der Waals surface area contributed by atoms with Crippen molar-refractivity contribution in [3.8, 4) is 17.0 Å². The van der Waals surface area contributed by atoms with Crippen LogP contribution in [0.1, 0.15) is 18.6 Å². The molecule has 24 heavy (non-hydrogen) atoms. The Morgan fingerprint density at radius 2 is 2.00 bits per heavy atom.